The Morgan fingerprint density at radius 1 is 1.10 bits per heavy atom. The molecule has 3 heterocycles. The molecule has 0 radical (unpaired) electrons. The van der Waals surface area contributed by atoms with E-state index in [2.05, 4.69) is 0 Å². The second kappa shape index (κ2) is 6.83. The molecule has 0 N–H and O–H groups in total. The van der Waals surface area contributed by atoms with Crippen LogP contribution in [-0.2, 0) is 24.1 Å². The molecule has 6 atom stereocenters. The van der Waals surface area contributed by atoms with Gasteiger partial charge in [-0.25, -0.2) is 9.59 Å². The fourth-order valence-electron chi connectivity index (χ4n) is 5.47. The van der Waals surface area contributed by atoms with Crippen molar-refractivity contribution in [3.63, 3.8) is 0 Å². The van der Waals surface area contributed by atoms with Crippen molar-refractivity contribution >= 4 is 23.8 Å². The Morgan fingerprint density at radius 3 is 2.45 bits per heavy atom. The fraction of sp³-hybridized carbons (Fsp3) is 0.700. The highest BCUT2D eigenvalue weighted by Gasteiger charge is 2.61. The van der Waals surface area contributed by atoms with E-state index in [1.165, 1.54) is 9.96 Å². The van der Waals surface area contributed by atoms with Crippen LogP contribution in [0.25, 0.3) is 0 Å². The minimum Gasteiger partial charge on any atom is -0.328 e. The summed E-state index contributed by atoms with van der Waals surface area (Å²) < 4.78 is 0. The summed E-state index contributed by atoms with van der Waals surface area (Å²) >= 11 is 0. The first-order valence-corrected chi connectivity index (χ1v) is 10.5. The summed E-state index contributed by atoms with van der Waals surface area (Å²) in [6.07, 6.45) is 7.62. The lowest BCUT2D eigenvalue weighted by molar-refractivity contribution is -0.202. The van der Waals surface area contributed by atoms with Gasteiger partial charge in [-0.1, -0.05) is 25.5 Å². The number of carbonyl (C=O) groups excluding carboxylic acids is 4. The maximum Gasteiger partial charge on any atom is 0.355 e. The van der Waals surface area contributed by atoms with Gasteiger partial charge < -0.3 is 9.74 Å². The highest BCUT2D eigenvalue weighted by molar-refractivity contribution is 6.06. The summed E-state index contributed by atoms with van der Waals surface area (Å²) in [5.74, 6) is -2.33. The van der Waals surface area contributed by atoms with Gasteiger partial charge in [0.25, 0.3) is 11.8 Å². The Hall–Kier alpha value is -2.42. The van der Waals surface area contributed by atoms with Gasteiger partial charge in [-0.3, -0.25) is 14.4 Å². The van der Waals surface area contributed by atoms with Gasteiger partial charge in [-0.2, -0.15) is 5.06 Å². The van der Waals surface area contributed by atoms with Crippen LogP contribution < -0.4 is 0 Å². The molecule has 9 heteroatoms. The van der Waals surface area contributed by atoms with Crippen molar-refractivity contribution in [3.05, 3.63) is 12.2 Å². The van der Waals surface area contributed by atoms with Gasteiger partial charge in [0.1, 0.15) is 6.04 Å². The molecule has 2 unspecified atom stereocenters. The number of imide groups is 1. The van der Waals surface area contributed by atoms with Gasteiger partial charge >= 0.3 is 12.0 Å². The van der Waals surface area contributed by atoms with Crippen molar-refractivity contribution in [3.8, 4) is 0 Å². The fourth-order valence-corrected chi connectivity index (χ4v) is 5.47. The van der Waals surface area contributed by atoms with Crippen molar-refractivity contribution < 1.29 is 28.9 Å². The number of hydroxylamine groups is 4. The average Bonchev–Trinajstić information content (AvgIpc) is 3.44. The van der Waals surface area contributed by atoms with E-state index in [1.807, 2.05) is 19.1 Å². The first-order valence-electron chi connectivity index (χ1n) is 10.5. The molecule has 0 aromatic heterocycles. The predicted octanol–water partition coefficient (Wildman–Crippen LogP) is 1.25. The topological polar surface area (TPSA) is 96.5 Å². The van der Waals surface area contributed by atoms with Crippen LogP contribution in [0.4, 0.5) is 4.79 Å². The van der Waals surface area contributed by atoms with Crippen LogP contribution in [0.1, 0.15) is 39.0 Å². The first kappa shape index (κ1) is 18.6. The average molecular weight is 403 g/mol. The summed E-state index contributed by atoms with van der Waals surface area (Å²) in [6, 6.07) is -1.25. The minimum atomic E-state index is -0.811. The van der Waals surface area contributed by atoms with E-state index in [4.69, 9.17) is 9.68 Å². The Kier molecular flexibility index (Phi) is 4.38. The van der Waals surface area contributed by atoms with Crippen molar-refractivity contribution in [2.45, 2.75) is 51.1 Å². The molecule has 1 saturated carbocycles. The largest absolute Gasteiger partial charge is 0.355 e. The third-order valence-electron chi connectivity index (χ3n) is 6.93. The number of allylic oxidation sites excluding steroid dienone is 2. The Labute approximate surface area is 168 Å². The number of nitrogens with zero attached hydrogens (tertiary/aromatic N) is 3. The maximum absolute atomic E-state index is 12.8. The normalized spacial score (nSPS) is 37.1. The van der Waals surface area contributed by atoms with Crippen molar-refractivity contribution in [1.29, 1.82) is 0 Å². The molecule has 5 aliphatic rings. The van der Waals surface area contributed by atoms with E-state index in [0.717, 1.165) is 19.3 Å². The standard InChI is InChI=1S/C20H25N3O6/c1-2-3-8-28-22-13-6-7-14(21(10-13)20(22)27)19(26)29-23-17(24)15-11-4-5-12(9-11)16(15)18(23)25/h4-5,11-16H,2-3,6-10H2,1H3/t11-,12+,13-,14+,15?,16?/m1/s1. The third kappa shape index (κ3) is 2.70. The van der Waals surface area contributed by atoms with E-state index in [9.17, 15) is 19.2 Å². The molecule has 0 spiro atoms. The number of fused-ring (bicyclic) bond motifs is 7. The zero-order valence-corrected chi connectivity index (χ0v) is 16.4. The van der Waals surface area contributed by atoms with Crippen LogP contribution in [0.3, 0.4) is 0 Å². The lowest BCUT2D eigenvalue weighted by atomic mass is 9.85. The van der Waals surface area contributed by atoms with Gasteiger partial charge in [0, 0.05) is 6.54 Å². The van der Waals surface area contributed by atoms with Crippen molar-refractivity contribution in [1.82, 2.24) is 15.0 Å². The summed E-state index contributed by atoms with van der Waals surface area (Å²) in [6.45, 7) is 2.88. The number of unbranched alkanes of at least 4 members (excludes halogenated alkanes) is 1. The predicted molar refractivity (Wildman–Crippen MR) is 97.3 cm³/mol. The highest BCUT2D eigenvalue weighted by Crippen LogP contribution is 2.52. The number of carbonyl (C=O) groups is 4. The second-order valence-electron chi connectivity index (χ2n) is 8.58. The van der Waals surface area contributed by atoms with Crippen LogP contribution >= 0.6 is 0 Å². The number of hydrogen-bond acceptors (Lipinski definition) is 6. The number of rotatable bonds is 6. The lowest BCUT2D eigenvalue weighted by Gasteiger charge is -2.29. The van der Waals surface area contributed by atoms with Gasteiger partial charge in [-0.15, -0.1) is 5.06 Å². The van der Waals surface area contributed by atoms with E-state index in [0.29, 0.717) is 31.1 Å². The van der Waals surface area contributed by atoms with E-state index in [1.54, 1.807) is 0 Å². The molecule has 4 fully saturated rings. The summed E-state index contributed by atoms with van der Waals surface area (Å²) in [5.41, 5.74) is 0. The zero-order valence-electron chi connectivity index (χ0n) is 16.4. The van der Waals surface area contributed by atoms with Gasteiger partial charge in [0.05, 0.1) is 24.5 Å². The van der Waals surface area contributed by atoms with E-state index < -0.39 is 35.7 Å². The highest BCUT2D eigenvalue weighted by atomic mass is 16.7. The van der Waals surface area contributed by atoms with Crippen LogP contribution in [0.15, 0.2) is 12.2 Å². The van der Waals surface area contributed by atoms with Crippen molar-refractivity contribution in [2.75, 3.05) is 13.2 Å². The van der Waals surface area contributed by atoms with Crippen LogP contribution in [-0.4, -0.2) is 64.1 Å². The molecule has 0 aromatic carbocycles. The van der Waals surface area contributed by atoms with E-state index in [-0.39, 0.29) is 23.9 Å². The number of urea groups is 1. The molecule has 0 aromatic rings. The van der Waals surface area contributed by atoms with Gasteiger partial charge in [-0.05, 0) is 37.5 Å². The second-order valence-corrected chi connectivity index (χ2v) is 8.58. The Bertz CT molecular complexity index is 767. The number of piperidine rings is 1. The summed E-state index contributed by atoms with van der Waals surface area (Å²) in [7, 11) is 0. The Balaban J connectivity index is 1.25. The molecule has 3 aliphatic heterocycles. The quantitative estimate of drug-likeness (QED) is 0.376. The van der Waals surface area contributed by atoms with Crippen LogP contribution in [0, 0.1) is 23.7 Å². The molecule has 9 nitrogen and oxygen atoms in total. The third-order valence-corrected chi connectivity index (χ3v) is 6.93. The molecule has 3 saturated heterocycles. The summed E-state index contributed by atoms with van der Waals surface area (Å²) in [5, 5.41) is 2.02. The SMILES string of the molecule is CCCCON1C(=O)N2C[C@H]1CC[C@H]2C(=O)ON1C(=O)C2C(C1=O)[C@H]1C=C[C@@H]2C1. The van der Waals surface area contributed by atoms with Gasteiger partial charge in [0.2, 0.25) is 0 Å². The van der Waals surface area contributed by atoms with Crippen LogP contribution in [0.5, 0.6) is 0 Å². The minimum absolute atomic E-state index is 0.0505. The molecule has 5 rings (SSSR count). The molecule has 29 heavy (non-hydrogen) atoms. The smallest absolute Gasteiger partial charge is 0.328 e. The molecule has 2 aliphatic carbocycles. The molecular weight excluding hydrogens is 378 g/mol. The Morgan fingerprint density at radius 2 is 1.79 bits per heavy atom. The molecule has 156 valence electrons. The zero-order chi connectivity index (χ0) is 20.3. The monoisotopic (exact) mass is 403 g/mol. The number of hydrogen-bond donors (Lipinski definition) is 0. The van der Waals surface area contributed by atoms with Crippen molar-refractivity contribution in [2.24, 2.45) is 23.7 Å². The molecule has 4 bridgehead atoms. The first-order chi connectivity index (χ1) is 14.0. The lowest BCUT2D eigenvalue weighted by Crippen LogP contribution is -2.48. The van der Waals surface area contributed by atoms with E-state index >= 15 is 0 Å². The van der Waals surface area contributed by atoms with Gasteiger partial charge in [0.15, 0.2) is 0 Å². The summed E-state index contributed by atoms with van der Waals surface area (Å²) in [4.78, 5) is 63.2. The maximum atomic E-state index is 12.8. The van der Waals surface area contributed by atoms with Crippen LogP contribution in [0.2, 0.25) is 0 Å². The molecule has 4 amide bonds. The number of amides is 4. The molecular formula is C20H25N3O6.